The highest BCUT2D eigenvalue weighted by Crippen LogP contribution is 2.32. The number of amides is 2. The second kappa shape index (κ2) is 8.64. The summed E-state index contributed by atoms with van der Waals surface area (Å²) in [7, 11) is 0. The molecule has 0 aromatic rings. The van der Waals surface area contributed by atoms with Crippen molar-refractivity contribution in [2.24, 2.45) is 17.3 Å². The Bertz CT molecular complexity index is 612. The van der Waals surface area contributed by atoms with E-state index in [4.69, 9.17) is 17.3 Å². The SMILES string of the molecule is CC(C)(O)/C(=C/N)N(N)C1CNC(C(=O)NC2(C(O)C(N)=O)CCCCC2)C1. The van der Waals surface area contributed by atoms with E-state index < -0.39 is 29.2 Å². The van der Waals surface area contributed by atoms with E-state index in [9.17, 15) is 19.8 Å². The van der Waals surface area contributed by atoms with Gasteiger partial charge in [0, 0.05) is 12.7 Å². The van der Waals surface area contributed by atoms with Gasteiger partial charge in [-0.15, -0.1) is 0 Å². The molecule has 10 heteroatoms. The number of rotatable bonds is 7. The first-order valence-electron chi connectivity index (χ1n) is 9.73. The summed E-state index contributed by atoms with van der Waals surface area (Å²) in [4.78, 5) is 24.5. The van der Waals surface area contributed by atoms with Crippen molar-refractivity contribution in [3.63, 3.8) is 0 Å². The van der Waals surface area contributed by atoms with Gasteiger partial charge in [0.2, 0.25) is 11.8 Å². The van der Waals surface area contributed by atoms with Gasteiger partial charge in [-0.25, -0.2) is 5.84 Å². The summed E-state index contributed by atoms with van der Waals surface area (Å²) < 4.78 is 0. The van der Waals surface area contributed by atoms with Crippen LogP contribution in [0.5, 0.6) is 0 Å². The number of nitrogens with two attached hydrogens (primary N) is 3. The predicted octanol–water partition coefficient (Wildman–Crippen LogP) is -1.87. The number of nitrogens with one attached hydrogen (secondary N) is 2. The van der Waals surface area contributed by atoms with Gasteiger partial charge in [0.1, 0.15) is 5.60 Å². The van der Waals surface area contributed by atoms with Crippen LogP contribution < -0.4 is 27.9 Å². The van der Waals surface area contributed by atoms with Crippen molar-refractivity contribution < 1.29 is 19.8 Å². The maximum absolute atomic E-state index is 12.9. The lowest BCUT2D eigenvalue weighted by molar-refractivity contribution is -0.135. The van der Waals surface area contributed by atoms with Crippen LogP contribution in [0.25, 0.3) is 0 Å². The minimum Gasteiger partial charge on any atom is -0.403 e. The molecule has 160 valence electrons. The zero-order chi connectivity index (χ0) is 21.1. The maximum atomic E-state index is 12.9. The molecule has 2 aliphatic rings. The molecule has 0 aromatic carbocycles. The fraction of sp³-hybridized carbons (Fsp3) is 0.778. The highest BCUT2D eigenvalue weighted by Gasteiger charge is 2.45. The molecule has 1 aliphatic carbocycles. The number of nitrogens with zero attached hydrogens (tertiary/aromatic N) is 1. The van der Waals surface area contributed by atoms with Crippen molar-refractivity contribution in [1.29, 1.82) is 0 Å². The molecule has 1 aliphatic heterocycles. The minimum absolute atomic E-state index is 0.250. The van der Waals surface area contributed by atoms with Gasteiger partial charge >= 0.3 is 0 Å². The third kappa shape index (κ3) is 4.75. The first kappa shape index (κ1) is 22.4. The van der Waals surface area contributed by atoms with Crippen molar-refractivity contribution in [3.8, 4) is 0 Å². The van der Waals surface area contributed by atoms with E-state index in [1.54, 1.807) is 13.8 Å². The topological polar surface area (TPSA) is 180 Å². The molecule has 28 heavy (non-hydrogen) atoms. The molecule has 3 unspecified atom stereocenters. The number of aliphatic hydroxyl groups is 2. The van der Waals surface area contributed by atoms with E-state index in [2.05, 4.69) is 10.6 Å². The first-order valence-corrected chi connectivity index (χ1v) is 9.73. The monoisotopic (exact) mass is 398 g/mol. The molecule has 0 spiro atoms. The largest absolute Gasteiger partial charge is 0.403 e. The molecule has 2 rings (SSSR count). The molecule has 0 radical (unpaired) electrons. The predicted molar refractivity (Wildman–Crippen MR) is 104 cm³/mol. The van der Waals surface area contributed by atoms with Crippen LogP contribution in [0.4, 0.5) is 0 Å². The van der Waals surface area contributed by atoms with Crippen LogP contribution in [0, 0.1) is 0 Å². The Labute approximate surface area is 165 Å². The number of carbonyl (C=O) groups is 2. The quantitative estimate of drug-likeness (QED) is 0.192. The first-order chi connectivity index (χ1) is 13.0. The smallest absolute Gasteiger partial charge is 0.248 e. The van der Waals surface area contributed by atoms with Crippen molar-refractivity contribution in [2.75, 3.05) is 6.54 Å². The number of hydrogen-bond acceptors (Lipinski definition) is 8. The number of primary amides is 1. The van der Waals surface area contributed by atoms with Gasteiger partial charge in [0.25, 0.3) is 0 Å². The van der Waals surface area contributed by atoms with Crippen molar-refractivity contribution in [1.82, 2.24) is 15.6 Å². The lowest BCUT2D eigenvalue weighted by Crippen LogP contribution is -2.63. The average Bonchev–Trinajstić information content (AvgIpc) is 3.11. The van der Waals surface area contributed by atoms with E-state index in [1.165, 1.54) is 11.2 Å². The van der Waals surface area contributed by atoms with Crippen molar-refractivity contribution in [2.45, 2.75) is 81.7 Å². The van der Waals surface area contributed by atoms with Crippen molar-refractivity contribution >= 4 is 11.8 Å². The highest BCUT2D eigenvalue weighted by molar-refractivity contribution is 5.86. The number of aliphatic hydroxyl groups excluding tert-OH is 1. The Morgan fingerprint density at radius 3 is 2.43 bits per heavy atom. The number of hydrogen-bond donors (Lipinski definition) is 7. The minimum atomic E-state index is -1.43. The summed E-state index contributed by atoms with van der Waals surface area (Å²) in [5, 5.41) is 27.9. The van der Waals surface area contributed by atoms with E-state index in [-0.39, 0.29) is 11.9 Å². The van der Waals surface area contributed by atoms with Crippen molar-refractivity contribution in [3.05, 3.63) is 11.9 Å². The summed E-state index contributed by atoms with van der Waals surface area (Å²) in [5.41, 5.74) is 9.03. The fourth-order valence-corrected chi connectivity index (χ4v) is 4.19. The van der Waals surface area contributed by atoms with Gasteiger partial charge in [-0.3, -0.25) is 9.59 Å². The zero-order valence-corrected chi connectivity index (χ0v) is 16.6. The van der Waals surface area contributed by atoms with Gasteiger partial charge in [-0.05, 0) is 33.1 Å². The molecule has 1 saturated heterocycles. The second-order valence-electron chi connectivity index (χ2n) is 8.38. The van der Waals surface area contributed by atoms with Crippen LogP contribution in [-0.2, 0) is 9.59 Å². The van der Waals surface area contributed by atoms with Crippen LogP contribution in [-0.4, -0.2) is 62.9 Å². The summed E-state index contributed by atoms with van der Waals surface area (Å²) in [6.07, 6.45) is 3.81. The fourth-order valence-electron chi connectivity index (χ4n) is 4.19. The van der Waals surface area contributed by atoms with Gasteiger partial charge in [0.05, 0.1) is 23.3 Å². The van der Waals surface area contributed by atoms with Gasteiger partial charge < -0.3 is 37.3 Å². The van der Waals surface area contributed by atoms with Crippen LogP contribution >= 0.6 is 0 Å². The second-order valence-corrected chi connectivity index (χ2v) is 8.38. The van der Waals surface area contributed by atoms with E-state index in [0.29, 0.717) is 31.5 Å². The Balaban J connectivity index is 2.06. The van der Waals surface area contributed by atoms with Crippen LogP contribution in [0.15, 0.2) is 11.9 Å². The molecule has 0 aromatic heterocycles. The Morgan fingerprint density at radius 1 is 1.32 bits per heavy atom. The molecular weight excluding hydrogens is 364 g/mol. The summed E-state index contributed by atoms with van der Waals surface area (Å²) in [6, 6.07) is -0.795. The number of carbonyl (C=O) groups excluding carboxylic acids is 2. The third-order valence-electron chi connectivity index (χ3n) is 5.79. The van der Waals surface area contributed by atoms with Gasteiger partial charge in [-0.1, -0.05) is 19.3 Å². The van der Waals surface area contributed by atoms with Gasteiger partial charge in [0.15, 0.2) is 6.10 Å². The molecule has 10 N–H and O–H groups in total. The standard InChI is InChI=1S/C18H34N6O4/c1-17(2,28)13(9-19)24(21)11-8-12(22-10-11)16(27)23-18(14(25)15(20)26)6-4-3-5-7-18/h9,11-12,14,22,25,28H,3-8,10,19,21H2,1-2H3,(H2,20,26)(H,23,27)/b13-9-. The Kier molecular flexibility index (Phi) is 6.92. The van der Waals surface area contributed by atoms with Gasteiger partial charge in [-0.2, -0.15) is 0 Å². The lowest BCUT2D eigenvalue weighted by atomic mass is 9.77. The normalized spacial score (nSPS) is 26.5. The number of hydrazine groups is 1. The average molecular weight is 399 g/mol. The van der Waals surface area contributed by atoms with Crippen LogP contribution in [0.3, 0.4) is 0 Å². The summed E-state index contributed by atoms with van der Waals surface area (Å²) in [5.74, 6) is 4.99. The van der Waals surface area contributed by atoms with E-state index in [0.717, 1.165) is 19.3 Å². The molecule has 3 atom stereocenters. The molecule has 10 nitrogen and oxygen atoms in total. The molecule has 1 heterocycles. The molecule has 2 fully saturated rings. The third-order valence-corrected chi connectivity index (χ3v) is 5.79. The van der Waals surface area contributed by atoms with E-state index in [1.807, 2.05) is 0 Å². The zero-order valence-electron chi connectivity index (χ0n) is 16.6. The summed E-state index contributed by atoms with van der Waals surface area (Å²) >= 11 is 0. The lowest BCUT2D eigenvalue weighted by Gasteiger charge is -2.41. The molecule has 0 bridgehead atoms. The van der Waals surface area contributed by atoms with Crippen LogP contribution in [0.1, 0.15) is 52.4 Å². The Hall–Kier alpha value is -1.88. The van der Waals surface area contributed by atoms with Crippen LogP contribution in [0.2, 0.25) is 0 Å². The highest BCUT2D eigenvalue weighted by atomic mass is 16.3. The van der Waals surface area contributed by atoms with E-state index >= 15 is 0 Å². The summed E-state index contributed by atoms with van der Waals surface area (Å²) in [6.45, 7) is 3.58. The molecule has 2 amide bonds. The molecule has 1 saturated carbocycles. The maximum Gasteiger partial charge on any atom is 0.248 e. The molecular formula is C18H34N6O4. The Morgan fingerprint density at radius 2 is 1.93 bits per heavy atom.